The second kappa shape index (κ2) is 7.93. The van der Waals surface area contributed by atoms with Crippen molar-refractivity contribution in [3.8, 4) is 0 Å². The molecule has 1 saturated carbocycles. The Bertz CT molecular complexity index is 242. The van der Waals surface area contributed by atoms with Crippen molar-refractivity contribution in [2.45, 2.75) is 76.5 Å². The van der Waals surface area contributed by atoms with Gasteiger partial charge in [-0.2, -0.15) is 0 Å². The quantitative estimate of drug-likeness (QED) is 0.670. The Morgan fingerprint density at radius 3 is 1.89 bits per heavy atom. The zero-order valence-corrected chi connectivity index (χ0v) is 15.6. The summed E-state index contributed by atoms with van der Waals surface area (Å²) < 4.78 is 10.3. The van der Waals surface area contributed by atoms with E-state index in [4.69, 9.17) is 4.43 Å². The van der Waals surface area contributed by atoms with Crippen LogP contribution in [0.25, 0.3) is 0 Å². The van der Waals surface area contributed by atoms with E-state index in [-0.39, 0.29) is 0 Å². The third-order valence-electron chi connectivity index (χ3n) is 5.35. The highest BCUT2D eigenvalue weighted by molar-refractivity contribution is 6.90. The highest BCUT2D eigenvalue weighted by Gasteiger charge is 2.47. The van der Waals surface area contributed by atoms with Crippen LogP contribution in [0, 0.1) is 0 Å². The lowest BCUT2D eigenvalue weighted by molar-refractivity contribution is 0.335. The van der Waals surface area contributed by atoms with Crippen LogP contribution >= 0.6 is 0 Å². The number of hydrogen-bond acceptors (Lipinski definition) is 3. The van der Waals surface area contributed by atoms with Gasteiger partial charge in [0.2, 0.25) is 0 Å². The summed E-state index contributed by atoms with van der Waals surface area (Å²) in [7, 11) is 0.696. The summed E-state index contributed by atoms with van der Waals surface area (Å²) in [5.74, 6) is 0. The van der Waals surface area contributed by atoms with Gasteiger partial charge in [0.05, 0.1) is 0 Å². The first-order chi connectivity index (χ1) is 9.12. The molecular formula is C14H34N2OSi2. The molecule has 2 N–H and O–H groups in total. The minimum absolute atomic E-state index is 0.743. The van der Waals surface area contributed by atoms with E-state index in [1.807, 2.05) is 7.11 Å². The van der Waals surface area contributed by atoms with Crippen molar-refractivity contribution < 1.29 is 4.43 Å². The molecule has 1 aliphatic rings. The Labute approximate surface area is 122 Å². The van der Waals surface area contributed by atoms with E-state index in [1.54, 1.807) is 0 Å². The second-order valence-corrected chi connectivity index (χ2v) is 14.9. The zero-order valence-electron chi connectivity index (χ0n) is 13.6. The van der Waals surface area contributed by atoms with Gasteiger partial charge in [-0.3, -0.25) is 0 Å². The molecule has 3 nitrogen and oxygen atoms in total. The molecule has 0 aromatic carbocycles. The fraction of sp³-hybridized carbons (Fsp3) is 1.00. The predicted molar refractivity (Wildman–Crippen MR) is 89.0 cm³/mol. The van der Waals surface area contributed by atoms with E-state index >= 15 is 0 Å². The van der Waals surface area contributed by atoms with Crippen molar-refractivity contribution in [2.24, 2.45) is 0 Å². The first kappa shape index (κ1) is 17.4. The molecule has 1 unspecified atom stereocenters. The average molecular weight is 303 g/mol. The molecule has 0 saturated heterocycles. The van der Waals surface area contributed by atoms with E-state index in [0.717, 1.165) is 5.54 Å². The summed E-state index contributed by atoms with van der Waals surface area (Å²) >= 11 is 0. The summed E-state index contributed by atoms with van der Waals surface area (Å²) in [6.07, 6.45) is 6.85. The Hall–Kier alpha value is 0.314. The molecule has 5 heteroatoms. The molecule has 114 valence electrons. The highest BCUT2D eigenvalue weighted by Crippen LogP contribution is 2.36. The van der Waals surface area contributed by atoms with Crippen LogP contribution in [0.4, 0.5) is 0 Å². The molecule has 0 radical (unpaired) electrons. The number of rotatable bonds is 8. The molecule has 1 fully saturated rings. The van der Waals surface area contributed by atoms with E-state index < -0.39 is 16.9 Å². The van der Waals surface area contributed by atoms with Crippen LogP contribution in [-0.2, 0) is 4.43 Å². The molecule has 19 heavy (non-hydrogen) atoms. The van der Waals surface area contributed by atoms with Gasteiger partial charge in [-0.05, 0) is 38.0 Å². The highest BCUT2D eigenvalue weighted by atomic mass is 28.4. The van der Waals surface area contributed by atoms with Gasteiger partial charge < -0.3 is 14.1 Å². The lowest BCUT2D eigenvalue weighted by Gasteiger charge is -2.45. The summed E-state index contributed by atoms with van der Waals surface area (Å²) in [6, 6.07) is 3.94. The molecular weight excluding hydrogens is 268 g/mol. The summed E-state index contributed by atoms with van der Waals surface area (Å²) in [4.78, 5) is 3.63. The molecule has 1 atom stereocenters. The zero-order chi connectivity index (χ0) is 14.4. The normalized spacial score (nSPS) is 21.3. The molecule has 0 spiro atoms. The first-order valence-corrected chi connectivity index (χ1v) is 12.8. The average Bonchev–Trinajstić information content (AvgIpc) is 2.51. The molecule has 0 aromatic rings. The summed E-state index contributed by atoms with van der Waals surface area (Å²) in [5.41, 5.74) is 0.743. The second-order valence-electron chi connectivity index (χ2n) is 5.99. The van der Waals surface area contributed by atoms with Crippen molar-refractivity contribution in [2.75, 3.05) is 14.2 Å². The van der Waals surface area contributed by atoms with Gasteiger partial charge in [0.1, 0.15) is 8.24 Å². The monoisotopic (exact) mass is 302 g/mol. The molecule has 1 rings (SSSR count). The molecule has 0 bridgehead atoms. The predicted octanol–water partition coefficient (Wildman–Crippen LogP) is 3.72. The van der Waals surface area contributed by atoms with Crippen molar-refractivity contribution in [1.29, 1.82) is 0 Å². The van der Waals surface area contributed by atoms with E-state index in [0.29, 0.717) is 0 Å². The van der Waals surface area contributed by atoms with Gasteiger partial charge in [-0.25, -0.2) is 0 Å². The lowest BCUT2D eigenvalue weighted by Crippen LogP contribution is -2.74. The van der Waals surface area contributed by atoms with Gasteiger partial charge in [-0.1, -0.05) is 40.0 Å². The standard InChI is InChI=1S/C14H34N2OSi2/c1-6-18(7-2,8-3)16-19(15-4,17-5)14-12-10-9-11-13-14/h14-16H,6-13H2,1-5H3. The van der Waals surface area contributed by atoms with Crippen LogP contribution in [0.5, 0.6) is 0 Å². The summed E-state index contributed by atoms with van der Waals surface area (Å²) in [6.45, 7) is 7.08. The Kier molecular flexibility index (Phi) is 7.25. The Morgan fingerprint density at radius 1 is 1.00 bits per heavy atom. The fourth-order valence-corrected chi connectivity index (χ4v) is 14.3. The number of hydrogen-bond donors (Lipinski definition) is 2. The lowest BCUT2D eigenvalue weighted by atomic mass is 10.0. The smallest absolute Gasteiger partial charge is 0.347 e. The van der Waals surface area contributed by atoms with Gasteiger partial charge in [-0.15, -0.1) is 0 Å². The molecule has 0 aromatic heterocycles. The molecule has 0 amide bonds. The first-order valence-electron chi connectivity index (χ1n) is 8.15. The van der Waals surface area contributed by atoms with Crippen LogP contribution in [0.1, 0.15) is 52.9 Å². The largest absolute Gasteiger partial charge is 0.395 e. The third kappa shape index (κ3) is 3.91. The van der Waals surface area contributed by atoms with Crippen LogP contribution in [0.2, 0.25) is 23.7 Å². The van der Waals surface area contributed by atoms with E-state index in [9.17, 15) is 0 Å². The van der Waals surface area contributed by atoms with Crippen LogP contribution in [0.3, 0.4) is 0 Å². The maximum absolute atomic E-state index is 6.14. The Balaban J connectivity index is 2.90. The summed E-state index contributed by atoms with van der Waals surface area (Å²) in [5, 5.41) is 0. The maximum atomic E-state index is 6.14. The molecule has 1 aliphatic carbocycles. The topological polar surface area (TPSA) is 33.3 Å². The SMILES string of the molecule is CC[Si](CC)(CC)N[Si](NC)(OC)C1CCCCC1. The Morgan fingerprint density at radius 2 is 1.53 bits per heavy atom. The third-order valence-corrected chi connectivity index (χ3v) is 16.1. The van der Waals surface area contributed by atoms with Crippen LogP contribution in [0.15, 0.2) is 0 Å². The maximum Gasteiger partial charge on any atom is 0.347 e. The van der Waals surface area contributed by atoms with Crippen LogP contribution in [-0.4, -0.2) is 31.0 Å². The van der Waals surface area contributed by atoms with E-state index in [1.165, 1.54) is 50.2 Å². The van der Waals surface area contributed by atoms with Crippen molar-refractivity contribution in [3.63, 3.8) is 0 Å². The number of nitrogens with one attached hydrogen (secondary N) is 2. The van der Waals surface area contributed by atoms with Crippen molar-refractivity contribution >= 4 is 16.9 Å². The van der Waals surface area contributed by atoms with E-state index in [2.05, 4.69) is 37.4 Å². The molecule has 0 heterocycles. The van der Waals surface area contributed by atoms with Crippen molar-refractivity contribution in [1.82, 2.24) is 9.63 Å². The van der Waals surface area contributed by atoms with Gasteiger partial charge in [0.15, 0.2) is 0 Å². The minimum Gasteiger partial charge on any atom is -0.395 e. The van der Waals surface area contributed by atoms with Crippen LogP contribution < -0.4 is 9.63 Å². The van der Waals surface area contributed by atoms with Crippen molar-refractivity contribution in [3.05, 3.63) is 0 Å². The van der Waals surface area contributed by atoms with Gasteiger partial charge in [0, 0.05) is 12.7 Å². The van der Waals surface area contributed by atoms with Gasteiger partial charge in [0.25, 0.3) is 0 Å². The minimum atomic E-state index is -1.98. The van der Waals surface area contributed by atoms with Gasteiger partial charge >= 0.3 is 8.64 Å². The molecule has 0 aliphatic heterocycles. The fourth-order valence-electron chi connectivity index (χ4n) is 3.61.